The molecule has 0 heterocycles. The molecule has 0 aliphatic carbocycles. The van der Waals surface area contributed by atoms with Gasteiger partial charge in [0.05, 0.1) is 21.2 Å². The summed E-state index contributed by atoms with van der Waals surface area (Å²) in [6.07, 6.45) is -4.74. The lowest BCUT2D eigenvalue weighted by molar-refractivity contribution is -0.137. The van der Waals surface area contributed by atoms with Crippen molar-refractivity contribution >= 4 is 68.2 Å². The summed E-state index contributed by atoms with van der Waals surface area (Å²) in [6, 6.07) is 14.5. The second-order valence-electron chi connectivity index (χ2n) is 7.59. The van der Waals surface area contributed by atoms with E-state index in [1.165, 1.54) is 36.0 Å². The number of benzene rings is 3. The summed E-state index contributed by atoms with van der Waals surface area (Å²) in [7, 11) is -4.43. The van der Waals surface area contributed by atoms with E-state index < -0.39 is 39.9 Å². The van der Waals surface area contributed by atoms with Gasteiger partial charge < -0.3 is 5.32 Å². The molecule has 1 amide bonds. The zero-order valence-corrected chi connectivity index (χ0v) is 22.8. The van der Waals surface area contributed by atoms with Crippen LogP contribution in [0.25, 0.3) is 0 Å². The summed E-state index contributed by atoms with van der Waals surface area (Å²) in [5.74, 6) is 0.218. The fourth-order valence-electron chi connectivity index (χ4n) is 3.19. The van der Waals surface area contributed by atoms with Gasteiger partial charge in [-0.3, -0.25) is 9.10 Å². The van der Waals surface area contributed by atoms with Crippen molar-refractivity contribution in [2.24, 2.45) is 0 Å². The van der Waals surface area contributed by atoms with E-state index in [4.69, 9.17) is 34.8 Å². The van der Waals surface area contributed by atoms with E-state index in [1.54, 1.807) is 24.3 Å². The first-order valence-electron chi connectivity index (χ1n) is 10.6. The highest BCUT2D eigenvalue weighted by Gasteiger charge is 2.34. The van der Waals surface area contributed by atoms with Crippen molar-refractivity contribution in [2.45, 2.75) is 16.8 Å². The van der Waals surface area contributed by atoms with Crippen molar-refractivity contribution < 1.29 is 26.4 Å². The van der Waals surface area contributed by atoms with Crippen molar-refractivity contribution in [3.63, 3.8) is 0 Å². The molecule has 0 atom stereocenters. The molecule has 0 saturated heterocycles. The maximum absolute atomic E-state index is 13.4. The maximum atomic E-state index is 13.4. The van der Waals surface area contributed by atoms with Crippen LogP contribution in [0.4, 0.5) is 18.9 Å². The number of carbonyl (C=O) groups excluding carboxylic acids is 1. The Kier molecular flexibility index (Phi) is 10.0. The van der Waals surface area contributed by atoms with Crippen molar-refractivity contribution in [1.29, 1.82) is 0 Å². The van der Waals surface area contributed by atoms with Crippen LogP contribution >= 0.6 is 46.6 Å². The Labute approximate surface area is 231 Å². The van der Waals surface area contributed by atoms with Gasteiger partial charge in [-0.2, -0.15) is 24.9 Å². The van der Waals surface area contributed by atoms with Gasteiger partial charge in [0.1, 0.15) is 6.54 Å². The lowest BCUT2D eigenvalue weighted by Gasteiger charge is -2.25. The largest absolute Gasteiger partial charge is 0.416 e. The fraction of sp³-hybridized carbons (Fsp3) is 0.208. The quantitative estimate of drug-likeness (QED) is 0.253. The standard InChI is InChI=1S/C24H20Cl3F3N2O3S2/c25-19-7-4-8-20(26)18(19)15-36-12-11-31-23(33)14-32(37(34,35)17-5-2-1-3-6-17)22-13-16(24(28,29)30)9-10-21(22)27/h1-10,13H,11-12,14-15H2,(H,31,33). The van der Waals surface area contributed by atoms with Gasteiger partial charge in [-0.25, -0.2) is 8.42 Å². The molecule has 1 N–H and O–H groups in total. The van der Waals surface area contributed by atoms with E-state index in [-0.39, 0.29) is 16.5 Å². The number of nitrogens with one attached hydrogen (secondary N) is 1. The number of halogens is 6. The molecule has 0 aromatic heterocycles. The average molecular weight is 612 g/mol. The number of rotatable bonds is 10. The molecular weight excluding hydrogens is 592 g/mol. The van der Waals surface area contributed by atoms with Gasteiger partial charge in [0.25, 0.3) is 10.0 Å². The van der Waals surface area contributed by atoms with Crippen LogP contribution in [0, 0.1) is 0 Å². The Morgan fingerprint density at radius 1 is 0.919 bits per heavy atom. The third-order valence-corrected chi connectivity index (χ3v) is 8.82. The van der Waals surface area contributed by atoms with E-state index in [1.807, 2.05) is 0 Å². The molecule has 0 saturated carbocycles. The summed E-state index contributed by atoms with van der Waals surface area (Å²) in [5.41, 5.74) is -0.810. The van der Waals surface area contributed by atoms with Crippen LogP contribution in [0.3, 0.4) is 0 Å². The number of sulfonamides is 1. The van der Waals surface area contributed by atoms with Crippen LogP contribution < -0.4 is 9.62 Å². The highest BCUT2D eigenvalue weighted by Crippen LogP contribution is 2.37. The molecule has 5 nitrogen and oxygen atoms in total. The first-order chi connectivity index (χ1) is 17.4. The molecule has 37 heavy (non-hydrogen) atoms. The van der Waals surface area contributed by atoms with Crippen LogP contribution in [0.5, 0.6) is 0 Å². The number of alkyl halides is 3. The second-order valence-corrected chi connectivity index (χ2v) is 11.8. The van der Waals surface area contributed by atoms with Gasteiger partial charge in [0.15, 0.2) is 0 Å². The lowest BCUT2D eigenvalue weighted by atomic mass is 10.2. The van der Waals surface area contributed by atoms with Crippen molar-refractivity contribution in [1.82, 2.24) is 5.32 Å². The number of anilines is 1. The number of hydrogen-bond donors (Lipinski definition) is 1. The van der Waals surface area contributed by atoms with Gasteiger partial charge in [-0.05, 0) is 48.0 Å². The van der Waals surface area contributed by atoms with E-state index in [0.717, 1.165) is 17.7 Å². The van der Waals surface area contributed by atoms with E-state index in [9.17, 15) is 26.4 Å². The summed E-state index contributed by atoms with van der Waals surface area (Å²) in [4.78, 5) is 12.5. The molecule has 198 valence electrons. The van der Waals surface area contributed by atoms with Crippen LogP contribution in [0.15, 0.2) is 71.6 Å². The average Bonchev–Trinajstić information content (AvgIpc) is 2.84. The molecule has 0 fully saturated rings. The minimum Gasteiger partial charge on any atom is -0.354 e. The maximum Gasteiger partial charge on any atom is 0.416 e. The van der Waals surface area contributed by atoms with Crippen LogP contribution in [-0.2, 0) is 26.7 Å². The van der Waals surface area contributed by atoms with Crippen LogP contribution in [0.1, 0.15) is 11.1 Å². The van der Waals surface area contributed by atoms with Gasteiger partial charge in [-0.15, -0.1) is 0 Å². The zero-order valence-electron chi connectivity index (χ0n) is 18.9. The Hall–Kier alpha value is -2.11. The Morgan fingerprint density at radius 3 is 2.19 bits per heavy atom. The number of hydrogen-bond acceptors (Lipinski definition) is 4. The predicted molar refractivity (Wildman–Crippen MR) is 143 cm³/mol. The van der Waals surface area contributed by atoms with E-state index >= 15 is 0 Å². The topological polar surface area (TPSA) is 66.5 Å². The fourth-order valence-corrected chi connectivity index (χ4v) is 6.51. The van der Waals surface area contributed by atoms with Crippen molar-refractivity contribution in [2.75, 3.05) is 23.1 Å². The zero-order chi connectivity index (χ0) is 27.2. The summed E-state index contributed by atoms with van der Waals surface area (Å²) in [5, 5.41) is 3.37. The highest BCUT2D eigenvalue weighted by molar-refractivity contribution is 7.98. The minimum atomic E-state index is -4.74. The molecule has 13 heteroatoms. The molecule has 0 spiro atoms. The first kappa shape index (κ1) is 29.4. The summed E-state index contributed by atoms with van der Waals surface area (Å²) in [6.45, 7) is -0.611. The summed E-state index contributed by atoms with van der Waals surface area (Å²) >= 11 is 19.8. The SMILES string of the molecule is O=C(CN(c1cc(C(F)(F)F)ccc1Cl)S(=O)(=O)c1ccccc1)NCCSCc1c(Cl)cccc1Cl. The molecule has 3 rings (SSSR count). The third kappa shape index (κ3) is 7.70. The predicted octanol–water partition coefficient (Wildman–Crippen LogP) is 6.91. The van der Waals surface area contributed by atoms with Gasteiger partial charge in [0, 0.05) is 28.1 Å². The number of carbonyl (C=O) groups is 1. The Morgan fingerprint density at radius 2 is 1.57 bits per heavy atom. The van der Waals surface area contributed by atoms with Crippen LogP contribution in [0.2, 0.25) is 15.1 Å². The normalized spacial score (nSPS) is 11.8. The number of amides is 1. The van der Waals surface area contributed by atoms with Crippen molar-refractivity contribution in [3.8, 4) is 0 Å². The molecular formula is C24H20Cl3F3N2O3S2. The van der Waals surface area contributed by atoms with E-state index in [2.05, 4.69) is 5.32 Å². The third-order valence-electron chi connectivity index (χ3n) is 5.04. The monoisotopic (exact) mass is 610 g/mol. The molecule has 3 aromatic carbocycles. The molecule has 0 bridgehead atoms. The number of nitrogens with zero attached hydrogens (tertiary/aromatic N) is 1. The van der Waals surface area contributed by atoms with Crippen LogP contribution in [-0.4, -0.2) is 33.2 Å². The minimum absolute atomic E-state index is 0.168. The second kappa shape index (κ2) is 12.6. The van der Waals surface area contributed by atoms with Gasteiger partial charge in [0.2, 0.25) is 5.91 Å². The lowest BCUT2D eigenvalue weighted by Crippen LogP contribution is -2.41. The molecule has 3 aromatic rings. The number of thioether (sulfide) groups is 1. The summed E-state index contributed by atoms with van der Waals surface area (Å²) < 4.78 is 67.3. The van der Waals surface area contributed by atoms with Gasteiger partial charge in [-0.1, -0.05) is 59.1 Å². The van der Waals surface area contributed by atoms with Gasteiger partial charge >= 0.3 is 6.18 Å². The molecule has 0 radical (unpaired) electrons. The first-order valence-corrected chi connectivity index (χ1v) is 14.4. The Bertz CT molecular complexity index is 1340. The van der Waals surface area contributed by atoms with E-state index in [0.29, 0.717) is 31.9 Å². The molecule has 0 unspecified atom stereocenters. The Balaban J connectivity index is 1.76. The highest BCUT2D eigenvalue weighted by atomic mass is 35.5. The molecule has 0 aliphatic rings. The van der Waals surface area contributed by atoms with Crippen molar-refractivity contribution in [3.05, 3.63) is 92.9 Å². The smallest absolute Gasteiger partial charge is 0.354 e. The molecule has 0 aliphatic heterocycles.